The summed E-state index contributed by atoms with van der Waals surface area (Å²) in [6.07, 6.45) is -0.975. The maximum Gasteiger partial charge on any atom is 0.416 e. The number of benzene rings is 2. The molecule has 30 heavy (non-hydrogen) atoms. The first-order chi connectivity index (χ1) is 14.3. The van der Waals surface area contributed by atoms with Crippen LogP contribution in [0.3, 0.4) is 0 Å². The Bertz CT molecular complexity index is 813. The van der Waals surface area contributed by atoms with Crippen LogP contribution in [0.1, 0.15) is 54.5 Å². The minimum absolute atomic E-state index is 0.0784. The van der Waals surface area contributed by atoms with Gasteiger partial charge in [0.05, 0.1) is 24.7 Å². The van der Waals surface area contributed by atoms with Crippen LogP contribution in [0.15, 0.2) is 42.5 Å². The van der Waals surface area contributed by atoms with E-state index in [9.17, 15) is 23.1 Å². The average Bonchev–Trinajstić information content (AvgIpc) is 2.72. The number of aryl methyl sites for hydroxylation is 2. The number of hydrogen-bond donors (Lipinski definition) is 1. The summed E-state index contributed by atoms with van der Waals surface area (Å²) in [6, 6.07) is 11.0. The Hall–Kier alpha value is -2.34. The Morgan fingerprint density at radius 1 is 1.00 bits per heavy atom. The van der Waals surface area contributed by atoms with Gasteiger partial charge in [-0.2, -0.15) is 13.2 Å². The molecule has 1 N–H and O–H groups in total. The minimum Gasteiger partial charge on any atom is -0.466 e. The highest BCUT2D eigenvalue weighted by molar-refractivity contribution is 5.72. The Morgan fingerprint density at radius 3 is 2.23 bits per heavy atom. The van der Waals surface area contributed by atoms with Crippen molar-refractivity contribution in [2.24, 2.45) is 5.92 Å². The van der Waals surface area contributed by atoms with Crippen molar-refractivity contribution in [3.05, 3.63) is 70.3 Å². The number of esters is 1. The zero-order chi connectivity index (χ0) is 22.1. The van der Waals surface area contributed by atoms with Crippen molar-refractivity contribution in [2.45, 2.75) is 58.7 Å². The van der Waals surface area contributed by atoms with Gasteiger partial charge in [0.2, 0.25) is 0 Å². The summed E-state index contributed by atoms with van der Waals surface area (Å²) in [4.78, 5) is 12.1. The lowest BCUT2D eigenvalue weighted by Crippen LogP contribution is -2.19. The third-order valence-corrected chi connectivity index (χ3v) is 5.23. The fraction of sp³-hybridized carbons (Fsp3) is 0.458. The van der Waals surface area contributed by atoms with Crippen molar-refractivity contribution in [1.82, 2.24) is 0 Å². The second-order valence-corrected chi connectivity index (χ2v) is 7.37. The van der Waals surface area contributed by atoms with Gasteiger partial charge in [0.1, 0.15) is 0 Å². The summed E-state index contributed by atoms with van der Waals surface area (Å²) in [5.41, 5.74) is 3.04. The highest BCUT2D eigenvalue weighted by atomic mass is 19.4. The molecule has 0 aromatic heterocycles. The van der Waals surface area contributed by atoms with Gasteiger partial charge in [-0.1, -0.05) is 37.3 Å². The fourth-order valence-corrected chi connectivity index (χ4v) is 3.48. The van der Waals surface area contributed by atoms with Crippen LogP contribution in [0.5, 0.6) is 0 Å². The molecule has 1 atom stereocenters. The number of carbonyl (C=O) groups is 1. The van der Waals surface area contributed by atoms with Crippen LogP contribution in [0.25, 0.3) is 0 Å². The van der Waals surface area contributed by atoms with Gasteiger partial charge in [0.15, 0.2) is 0 Å². The highest BCUT2D eigenvalue weighted by Gasteiger charge is 2.29. The van der Waals surface area contributed by atoms with Gasteiger partial charge in [-0.05, 0) is 73.4 Å². The van der Waals surface area contributed by atoms with Crippen LogP contribution in [0.2, 0.25) is 0 Å². The summed E-state index contributed by atoms with van der Waals surface area (Å²) in [5, 5.41) is 9.64. The molecule has 2 rings (SSSR count). The van der Waals surface area contributed by atoms with E-state index in [1.165, 1.54) is 12.1 Å². The van der Waals surface area contributed by atoms with Gasteiger partial charge in [-0.15, -0.1) is 0 Å². The summed E-state index contributed by atoms with van der Waals surface area (Å²) >= 11 is 0. The number of aliphatic hydroxyl groups is 1. The van der Waals surface area contributed by atoms with Crippen LogP contribution in [0, 0.1) is 5.92 Å². The molecule has 2 aromatic carbocycles. The second kappa shape index (κ2) is 11.2. The Balaban J connectivity index is 2.02. The first kappa shape index (κ1) is 23.9. The molecule has 0 aliphatic heterocycles. The van der Waals surface area contributed by atoms with Crippen molar-refractivity contribution >= 4 is 5.97 Å². The van der Waals surface area contributed by atoms with Crippen molar-refractivity contribution in [1.29, 1.82) is 0 Å². The molecule has 0 saturated heterocycles. The van der Waals surface area contributed by atoms with Gasteiger partial charge in [0.25, 0.3) is 0 Å². The maximum absolute atomic E-state index is 12.7. The van der Waals surface area contributed by atoms with Crippen molar-refractivity contribution < 1.29 is 27.8 Å². The number of hydrogen-bond acceptors (Lipinski definition) is 3. The average molecular weight is 422 g/mol. The maximum atomic E-state index is 12.7. The van der Waals surface area contributed by atoms with E-state index in [2.05, 4.69) is 0 Å². The molecule has 0 fully saturated rings. The third-order valence-electron chi connectivity index (χ3n) is 5.23. The molecule has 0 heterocycles. The van der Waals surface area contributed by atoms with E-state index in [1.807, 2.05) is 25.1 Å². The van der Waals surface area contributed by atoms with Crippen LogP contribution >= 0.6 is 0 Å². The predicted octanol–water partition coefficient (Wildman–Crippen LogP) is 5.50. The Kier molecular flexibility index (Phi) is 8.90. The van der Waals surface area contributed by atoms with E-state index in [-0.39, 0.29) is 18.5 Å². The van der Waals surface area contributed by atoms with E-state index in [0.717, 1.165) is 40.8 Å². The minimum atomic E-state index is -4.32. The molecule has 0 bridgehead atoms. The van der Waals surface area contributed by atoms with E-state index < -0.39 is 11.7 Å². The first-order valence-corrected chi connectivity index (χ1v) is 10.3. The molecular weight excluding hydrogens is 393 g/mol. The molecule has 0 aliphatic carbocycles. The van der Waals surface area contributed by atoms with Gasteiger partial charge >= 0.3 is 12.1 Å². The van der Waals surface area contributed by atoms with Gasteiger partial charge in [0, 0.05) is 0 Å². The lowest BCUT2D eigenvalue weighted by molar-refractivity contribution is -0.148. The van der Waals surface area contributed by atoms with Crippen LogP contribution in [0.4, 0.5) is 13.2 Å². The van der Waals surface area contributed by atoms with E-state index in [1.54, 1.807) is 6.92 Å². The lowest BCUT2D eigenvalue weighted by atomic mass is 9.92. The number of ether oxygens (including phenoxy) is 1. The molecular formula is C24H29F3O3. The summed E-state index contributed by atoms with van der Waals surface area (Å²) in [6.45, 7) is 4.02. The predicted molar refractivity (Wildman–Crippen MR) is 110 cm³/mol. The molecule has 0 spiro atoms. The molecule has 0 aliphatic rings. The lowest BCUT2D eigenvalue weighted by Gasteiger charge is -2.15. The molecule has 3 nitrogen and oxygen atoms in total. The molecule has 6 heteroatoms. The van der Waals surface area contributed by atoms with Gasteiger partial charge in [-0.3, -0.25) is 4.79 Å². The standard InChI is InChI=1S/C24H29F3O3/c1-3-19(23(29)30-4-2)14-18-8-11-21(16-28)20(15-18)7-5-6-17-9-12-22(13-10-17)24(25,26)27/h8-13,15,19,28H,3-7,14,16H2,1-2H3. The highest BCUT2D eigenvalue weighted by Crippen LogP contribution is 2.29. The smallest absolute Gasteiger partial charge is 0.416 e. The van der Waals surface area contributed by atoms with Gasteiger partial charge in [-0.25, -0.2) is 0 Å². The number of halogens is 3. The topological polar surface area (TPSA) is 46.5 Å². The molecule has 0 saturated carbocycles. The van der Waals surface area contributed by atoms with E-state index in [4.69, 9.17) is 4.74 Å². The zero-order valence-electron chi connectivity index (χ0n) is 17.5. The molecule has 0 radical (unpaired) electrons. The number of carbonyl (C=O) groups excluding carboxylic acids is 1. The quantitative estimate of drug-likeness (QED) is 0.514. The van der Waals surface area contributed by atoms with Crippen molar-refractivity contribution in [3.8, 4) is 0 Å². The first-order valence-electron chi connectivity index (χ1n) is 10.3. The molecule has 164 valence electrons. The van der Waals surface area contributed by atoms with E-state index >= 15 is 0 Å². The molecule has 2 aromatic rings. The normalized spacial score (nSPS) is 12.6. The largest absolute Gasteiger partial charge is 0.466 e. The van der Waals surface area contributed by atoms with Crippen LogP contribution < -0.4 is 0 Å². The number of aliphatic hydroxyl groups excluding tert-OH is 1. The number of alkyl halides is 3. The summed E-state index contributed by atoms with van der Waals surface area (Å²) < 4.78 is 43.1. The van der Waals surface area contributed by atoms with Crippen molar-refractivity contribution in [2.75, 3.05) is 6.61 Å². The van der Waals surface area contributed by atoms with Crippen LogP contribution in [-0.2, 0) is 41.6 Å². The summed E-state index contributed by atoms with van der Waals surface area (Å²) in [5.74, 6) is -0.403. The van der Waals surface area contributed by atoms with Crippen molar-refractivity contribution in [3.63, 3.8) is 0 Å². The third kappa shape index (κ3) is 6.87. The fourth-order valence-electron chi connectivity index (χ4n) is 3.48. The molecule has 1 unspecified atom stereocenters. The summed E-state index contributed by atoms with van der Waals surface area (Å²) in [7, 11) is 0. The van der Waals surface area contributed by atoms with Crippen LogP contribution in [-0.4, -0.2) is 17.7 Å². The Morgan fingerprint density at radius 2 is 1.67 bits per heavy atom. The SMILES string of the molecule is CCOC(=O)C(CC)Cc1ccc(CO)c(CCCc2ccc(C(F)(F)F)cc2)c1. The number of rotatable bonds is 10. The zero-order valence-corrected chi connectivity index (χ0v) is 17.5. The monoisotopic (exact) mass is 422 g/mol. The molecule has 0 amide bonds. The second-order valence-electron chi connectivity index (χ2n) is 7.37. The van der Waals surface area contributed by atoms with Gasteiger partial charge < -0.3 is 9.84 Å². The Labute approximate surface area is 175 Å². The van der Waals surface area contributed by atoms with E-state index in [0.29, 0.717) is 32.3 Å².